The minimum atomic E-state index is -1.74. The zero-order valence-electron chi connectivity index (χ0n) is 19.4. The van der Waals surface area contributed by atoms with Crippen LogP contribution in [-0.2, 0) is 24.7 Å². The smallest absolute Gasteiger partial charge is 0.296 e. The van der Waals surface area contributed by atoms with Gasteiger partial charge >= 0.3 is 0 Å². The Bertz CT molecular complexity index is 1220. The number of nitrogens with zero attached hydrogens (tertiary/aromatic N) is 3. The molecule has 5 rings (SSSR count). The molecule has 0 aliphatic carbocycles. The lowest BCUT2D eigenvalue weighted by molar-refractivity contribution is -0.144. The number of ether oxygens (including phenoxy) is 1. The van der Waals surface area contributed by atoms with Crippen LogP contribution in [-0.4, -0.2) is 78.4 Å². The first-order valence-corrected chi connectivity index (χ1v) is 12.1. The molecule has 2 aromatic carbocycles. The van der Waals surface area contributed by atoms with Gasteiger partial charge < -0.3 is 19.6 Å². The zero-order chi connectivity index (χ0) is 24.7. The number of rotatable bonds is 5. The molecule has 1 spiro atoms. The molecule has 1 N–H and O–H groups in total. The number of fused-ring (bicyclic) bond motifs is 2. The van der Waals surface area contributed by atoms with Crippen LogP contribution < -0.4 is 4.90 Å². The number of amides is 2. The molecule has 2 amide bonds. The lowest BCUT2D eigenvalue weighted by Gasteiger charge is -2.36. The first kappa shape index (κ1) is 23.5. The molecule has 2 aromatic rings. The van der Waals surface area contributed by atoms with Gasteiger partial charge in [-0.15, -0.1) is 0 Å². The largest absolute Gasteiger partial charge is 0.507 e. The van der Waals surface area contributed by atoms with E-state index in [1.165, 1.54) is 4.90 Å². The molecule has 1 unspecified atom stereocenters. The molecule has 3 aliphatic heterocycles. The van der Waals surface area contributed by atoms with Crippen molar-refractivity contribution in [1.82, 2.24) is 9.80 Å². The molecule has 3 aliphatic rings. The predicted octanol–water partition coefficient (Wildman–Crippen LogP) is 2.61. The van der Waals surface area contributed by atoms with Gasteiger partial charge in [-0.05, 0) is 37.3 Å². The molecule has 0 saturated carbocycles. The molecule has 182 valence electrons. The monoisotopic (exact) mass is 495 g/mol. The van der Waals surface area contributed by atoms with Crippen LogP contribution in [0, 0.1) is 0 Å². The Hall–Kier alpha value is -3.20. The van der Waals surface area contributed by atoms with Crippen molar-refractivity contribution in [3.63, 3.8) is 0 Å². The van der Waals surface area contributed by atoms with Gasteiger partial charge in [0.05, 0.1) is 24.5 Å². The van der Waals surface area contributed by atoms with Crippen LogP contribution in [0.4, 0.5) is 5.69 Å². The molecule has 35 heavy (non-hydrogen) atoms. The summed E-state index contributed by atoms with van der Waals surface area (Å²) in [6.45, 7) is 5.40. The number of halogens is 1. The number of carbonyl (C=O) groups excluding carboxylic acids is 3. The van der Waals surface area contributed by atoms with Crippen LogP contribution in [0.15, 0.2) is 54.1 Å². The van der Waals surface area contributed by atoms with Crippen LogP contribution in [0.2, 0.25) is 5.02 Å². The van der Waals surface area contributed by atoms with Crippen LogP contribution >= 0.6 is 11.6 Å². The van der Waals surface area contributed by atoms with Gasteiger partial charge in [-0.2, -0.15) is 0 Å². The summed E-state index contributed by atoms with van der Waals surface area (Å²) in [5, 5.41) is 11.9. The second-order valence-corrected chi connectivity index (χ2v) is 9.18. The standard InChI is InChI=1S/C26H26ClN3O5/c1-2-29-20-6-4-3-5-19(20)26(25(29)34)21(22(31)17-7-9-18(27)10-8-17)23(32)24(33)30(26)12-11-28-13-15-35-16-14-28/h3-10,31H,2,11-16H2,1H3. The van der Waals surface area contributed by atoms with E-state index in [2.05, 4.69) is 4.90 Å². The van der Waals surface area contributed by atoms with Gasteiger partial charge in [0.2, 0.25) is 0 Å². The van der Waals surface area contributed by atoms with Crippen molar-refractivity contribution in [1.29, 1.82) is 0 Å². The molecule has 2 fully saturated rings. The summed E-state index contributed by atoms with van der Waals surface area (Å²) in [4.78, 5) is 46.2. The van der Waals surface area contributed by atoms with E-state index in [4.69, 9.17) is 16.3 Å². The first-order valence-electron chi connectivity index (χ1n) is 11.7. The molecule has 0 radical (unpaired) electrons. The van der Waals surface area contributed by atoms with E-state index >= 15 is 0 Å². The third kappa shape index (κ3) is 3.55. The number of aliphatic hydroxyl groups is 1. The van der Waals surface area contributed by atoms with Gasteiger partial charge in [-0.1, -0.05) is 29.8 Å². The number of hydrogen-bond acceptors (Lipinski definition) is 6. The summed E-state index contributed by atoms with van der Waals surface area (Å²) >= 11 is 6.01. The highest BCUT2D eigenvalue weighted by Gasteiger charge is 2.66. The fourth-order valence-electron chi connectivity index (χ4n) is 5.30. The number of para-hydroxylation sites is 1. The van der Waals surface area contributed by atoms with E-state index in [1.807, 2.05) is 13.0 Å². The maximum atomic E-state index is 14.2. The minimum absolute atomic E-state index is 0.152. The van der Waals surface area contributed by atoms with Gasteiger partial charge in [-0.25, -0.2) is 0 Å². The van der Waals surface area contributed by atoms with E-state index in [0.29, 0.717) is 61.2 Å². The number of carbonyl (C=O) groups is 3. The number of morpholine rings is 1. The van der Waals surface area contributed by atoms with E-state index in [0.717, 1.165) is 0 Å². The average molecular weight is 496 g/mol. The summed E-state index contributed by atoms with van der Waals surface area (Å²) in [5.74, 6) is -2.48. The Labute approximate surface area is 208 Å². The van der Waals surface area contributed by atoms with Crippen LogP contribution in [0.25, 0.3) is 5.76 Å². The Morgan fingerprint density at radius 1 is 1.03 bits per heavy atom. The highest BCUT2D eigenvalue weighted by Crippen LogP contribution is 2.53. The van der Waals surface area contributed by atoms with Gasteiger partial charge in [0.15, 0.2) is 5.54 Å². The van der Waals surface area contributed by atoms with E-state index in [9.17, 15) is 19.5 Å². The molecule has 2 saturated heterocycles. The van der Waals surface area contributed by atoms with Crippen molar-refractivity contribution in [2.45, 2.75) is 12.5 Å². The highest BCUT2D eigenvalue weighted by atomic mass is 35.5. The lowest BCUT2D eigenvalue weighted by Crippen LogP contribution is -2.54. The number of ketones is 1. The normalized spacial score (nSPS) is 24.0. The molecule has 0 aromatic heterocycles. The van der Waals surface area contributed by atoms with Gasteiger partial charge in [-0.3, -0.25) is 19.3 Å². The van der Waals surface area contributed by atoms with Crippen LogP contribution in [0.5, 0.6) is 0 Å². The van der Waals surface area contributed by atoms with Gasteiger partial charge in [0.1, 0.15) is 5.76 Å². The highest BCUT2D eigenvalue weighted by molar-refractivity contribution is 6.50. The number of Topliss-reactive ketones (excluding diaryl/α,β-unsaturated/α-hetero) is 1. The van der Waals surface area contributed by atoms with E-state index in [1.54, 1.807) is 47.4 Å². The third-order valence-corrected chi connectivity index (χ3v) is 7.24. The maximum absolute atomic E-state index is 14.2. The molecular weight excluding hydrogens is 470 g/mol. The van der Waals surface area contributed by atoms with E-state index in [-0.39, 0.29) is 12.1 Å². The van der Waals surface area contributed by atoms with E-state index < -0.39 is 28.9 Å². The topological polar surface area (TPSA) is 90.4 Å². The number of likely N-dealkylation sites (N-methyl/N-ethyl adjacent to an activating group) is 1. The summed E-state index contributed by atoms with van der Waals surface area (Å²) in [7, 11) is 0. The molecule has 9 heteroatoms. The fourth-order valence-corrected chi connectivity index (χ4v) is 5.42. The van der Waals surface area contributed by atoms with Crippen molar-refractivity contribution in [3.05, 3.63) is 70.3 Å². The summed E-state index contributed by atoms with van der Waals surface area (Å²) in [6, 6.07) is 13.4. The average Bonchev–Trinajstić information content (AvgIpc) is 3.26. The van der Waals surface area contributed by atoms with Crippen molar-refractivity contribution < 1.29 is 24.2 Å². The third-order valence-electron chi connectivity index (χ3n) is 6.99. The Morgan fingerprint density at radius 2 is 1.71 bits per heavy atom. The second-order valence-electron chi connectivity index (χ2n) is 8.75. The predicted molar refractivity (Wildman–Crippen MR) is 131 cm³/mol. The minimum Gasteiger partial charge on any atom is -0.507 e. The number of likely N-dealkylation sites (tertiary alicyclic amines) is 1. The molecule has 0 bridgehead atoms. The molecule has 1 atom stereocenters. The SMILES string of the molecule is CCN1C(=O)C2(C(=C(O)c3ccc(Cl)cc3)C(=O)C(=O)N2CCN2CCOCC2)c2ccccc21. The zero-order valence-corrected chi connectivity index (χ0v) is 20.1. The Balaban J connectivity index is 1.70. The number of hydrogen-bond donors (Lipinski definition) is 1. The molecule has 8 nitrogen and oxygen atoms in total. The van der Waals surface area contributed by atoms with Crippen molar-refractivity contribution >= 4 is 40.6 Å². The Kier molecular flexibility index (Phi) is 6.13. The summed E-state index contributed by atoms with van der Waals surface area (Å²) in [6.07, 6.45) is 0. The molecular formula is C26H26ClN3O5. The van der Waals surface area contributed by atoms with Crippen molar-refractivity contribution in [3.8, 4) is 0 Å². The maximum Gasteiger partial charge on any atom is 0.296 e. The van der Waals surface area contributed by atoms with Crippen LogP contribution in [0.1, 0.15) is 18.1 Å². The number of anilines is 1. The first-order chi connectivity index (χ1) is 16.9. The van der Waals surface area contributed by atoms with Gasteiger partial charge in [0, 0.05) is 48.9 Å². The summed E-state index contributed by atoms with van der Waals surface area (Å²) in [5.41, 5.74) is -0.499. The Morgan fingerprint density at radius 3 is 2.40 bits per heavy atom. The van der Waals surface area contributed by atoms with Crippen molar-refractivity contribution in [2.75, 3.05) is 50.8 Å². The lowest BCUT2D eigenvalue weighted by atomic mass is 9.82. The second kappa shape index (κ2) is 9.11. The van der Waals surface area contributed by atoms with Crippen molar-refractivity contribution in [2.24, 2.45) is 0 Å². The number of benzene rings is 2. The molecule has 3 heterocycles. The van der Waals surface area contributed by atoms with Crippen LogP contribution in [0.3, 0.4) is 0 Å². The number of aliphatic hydroxyl groups excluding tert-OH is 1. The summed E-state index contributed by atoms with van der Waals surface area (Å²) < 4.78 is 5.41. The fraction of sp³-hybridized carbons (Fsp3) is 0.346. The quantitative estimate of drug-likeness (QED) is 0.389. The van der Waals surface area contributed by atoms with Gasteiger partial charge in [0.25, 0.3) is 17.6 Å².